The molecule has 8 heteroatoms. The molecule has 2 N–H and O–H groups in total. The van der Waals surface area contributed by atoms with Crippen molar-refractivity contribution in [3.8, 4) is 0 Å². The van der Waals surface area contributed by atoms with E-state index in [1.165, 1.54) is 43.1 Å². The molecule has 3 saturated heterocycles. The number of amides is 2. The number of rotatable bonds is 5. The van der Waals surface area contributed by atoms with Gasteiger partial charge >= 0.3 is 0 Å². The average Bonchev–Trinajstić information content (AvgIpc) is 3.09. The fourth-order valence-electron chi connectivity index (χ4n) is 3.68. The molecular weight excluding hydrogens is 380 g/mol. The highest BCUT2D eigenvalue weighted by molar-refractivity contribution is 7.99. The summed E-state index contributed by atoms with van der Waals surface area (Å²) in [4.78, 5) is 27.0. The molecule has 4 heterocycles. The molecule has 2 aromatic rings. The number of nitrogens with one attached hydrogen (secondary N) is 2. The molecule has 6 nitrogen and oxygen atoms in total. The van der Waals surface area contributed by atoms with Gasteiger partial charge in [0, 0.05) is 36.5 Å². The number of fused-ring (bicyclic) bond motifs is 3. The Balaban J connectivity index is 1.35. The maximum absolute atomic E-state index is 12.6. The minimum Gasteiger partial charge on any atom is -0.336 e. The molecule has 142 valence electrons. The number of hydrogen-bond acceptors (Lipinski definition) is 6. The number of benzene rings is 1. The van der Waals surface area contributed by atoms with Crippen molar-refractivity contribution in [2.24, 2.45) is 5.92 Å². The maximum atomic E-state index is 12.6. The van der Waals surface area contributed by atoms with Gasteiger partial charge in [0.15, 0.2) is 0 Å². The first-order chi connectivity index (χ1) is 13.1. The van der Waals surface area contributed by atoms with Crippen LogP contribution in [0.25, 0.3) is 0 Å². The van der Waals surface area contributed by atoms with E-state index >= 15 is 0 Å². The van der Waals surface area contributed by atoms with Gasteiger partial charge in [-0.25, -0.2) is 0 Å². The number of carbonyl (C=O) groups excluding carboxylic acids is 2. The Hall–Kier alpha value is -1.90. The highest BCUT2D eigenvalue weighted by Crippen LogP contribution is 2.32. The summed E-state index contributed by atoms with van der Waals surface area (Å²) in [5.41, 5.74) is 0.680. The molecule has 3 aliphatic heterocycles. The van der Waals surface area contributed by atoms with Crippen LogP contribution < -0.4 is 10.6 Å². The molecule has 3 aliphatic rings. The van der Waals surface area contributed by atoms with Gasteiger partial charge in [-0.2, -0.15) is 4.37 Å². The lowest BCUT2D eigenvalue weighted by molar-refractivity contribution is -0.114. The van der Waals surface area contributed by atoms with Crippen LogP contribution in [-0.4, -0.2) is 40.3 Å². The topological polar surface area (TPSA) is 74.3 Å². The van der Waals surface area contributed by atoms with Gasteiger partial charge in [0.1, 0.15) is 10.0 Å². The van der Waals surface area contributed by atoms with Gasteiger partial charge < -0.3 is 10.6 Å². The summed E-state index contributed by atoms with van der Waals surface area (Å²) < 4.78 is 4.33. The number of hydrogen-bond donors (Lipinski definition) is 2. The van der Waals surface area contributed by atoms with Gasteiger partial charge in [-0.05, 0) is 61.0 Å². The van der Waals surface area contributed by atoms with Gasteiger partial charge in [-0.3, -0.25) is 14.5 Å². The van der Waals surface area contributed by atoms with Crippen LogP contribution in [0, 0.1) is 5.92 Å². The lowest BCUT2D eigenvalue weighted by Crippen LogP contribution is -2.56. The quantitative estimate of drug-likeness (QED) is 0.802. The summed E-state index contributed by atoms with van der Waals surface area (Å²) in [5, 5.41) is 7.48. The van der Waals surface area contributed by atoms with E-state index in [9.17, 15) is 9.59 Å². The Morgan fingerprint density at radius 1 is 1.22 bits per heavy atom. The standard InChI is InChI=1S/C19H22N4O2S2/c1-12(24)20-17-11-18(22-27-17)26-15-4-2-14(3-5-15)19(25)21-16-10-13-6-8-23(16)9-7-13/h2-5,11,13,16H,6-10H2,1H3,(H,20,24)(H,21,25). The van der Waals surface area contributed by atoms with Crippen LogP contribution in [0.4, 0.5) is 5.00 Å². The molecule has 0 aliphatic carbocycles. The molecule has 1 unspecified atom stereocenters. The number of aromatic nitrogens is 1. The predicted molar refractivity (Wildman–Crippen MR) is 107 cm³/mol. The van der Waals surface area contributed by atoms with Gasteiger partial charge in [-0.15, -0.1) is 0 Å². The highest BCUT2D eigenvalue weighted by atomic mass is 32.2. The van der Waals surface area contributed by atoms with Crippen molar-refractivity contribution in [2.75, 3.05) is 18.4 Å². The second-order valence-electron chi connectivity index (χ2n) is 7.04. The first-order valence-corrected chi connectivity index (χ1v) is 10.7. The van der Waals surface area contributed by atoms with Crippen LogP contribution in [-0.2, 0) is 4.79 Å². The Kier molecular flexibility index (Phi) is 5.47. The van der Waals surface area contributed by atoms with Crippen LogP contribution in [0.5, 0.6) is 0 Å². The van der Waals surface area contributed by atoms with Gasteiger partial charge in [0.2, 0.25) is 5.91 Å². The number of piperidine rings is 3. The van der Waals surface area contributed by atoms with Crippen LogP contribution in [0.2, 0.25) is 0 Å². The average molecular weight is 403 g/mol. The number of carbonyl (C=O) groups is 2. The van der Waals surface area contributed by atoms with E-state index in [-0.39, 0.29) is 18.0 Å². The minimum atomic E-state index is -0.104. The summed E-state index contributed by atoms with van der Waals surface area (Å²) >= 11 is 2.77. The van der Waals surface area contributed by atoms with Crippen molar-refractivity contribution in [1.82, 2.24) is 14.6 Å². The monoisotopic (exact) mass is 402 g/mol. The minimum absolute atomic E-state index is 0.00861. The molecule has 2 bridgehead atoms. The van der Waals surface area contributed by atoms with Crippen molar-refractivity contribution in [2.45, 2.75) is 42.3 Å². The molecule has 3 fully saturated rings. The molecule has 2 amide bonds. The van der Waals surface area contributed by atoms with Crippen LogP contribution in [0.3, 0.4) is 0 Å². The summed E-state index contributed by atoms with van der Waals surface area (Å²) in [6.07, 6.45) is 3.78. The molecule has 1 atom stereocenters. The number of anilines is 1. The molecular formula is C19H22N4O2S2. The summed E-state index contributed by atoms with van der Waals surface area (Å²) in [5.74, 6) is 0.651. The SMILES string of the molecule is CC(=O)Nc1cc(Sc2ccc(C(=O)NC3CC4CCN3CC4)cc2)ns1. The Morgan fingerprint density at radius 3 is 2.59 bits per heavy atom. The zero-order valence-corrected chi connectivity index (χ0v) is 16.7. The van der Waals surface area contributed by atoms with Gasteiger partial charge in [-0.1, -0.05) is 11.8 Å². The van der Waals surface area contributed by atoms with Crippen molar-refractivity contribution < 1.29 is 9.59 Å². The van der Waals surface area contributed by atoms with E-state index in [1.54, 1.807) is 0 Å². The van der Waals surface area contributed by atoms with E-state index in [2.05, 4.69) is 19.9 Å². The molecule has 1 aromatic heterocycles. The Labute approximate surface area is 166 Å². The first-order valence-electron chi connectivity index (χ1n) is 9.14. The molecule has 1 aromatic carbocycles. The third-order valence-electron chi connectivity index (χ3n) is 5.07. The van der Waals surface area contributed by atoms with Crippen molar-refractivity contribution in [3.63, 3.8) is 0 Å². The zero-order valence-electron chi connectivity index (χ0n) is 15.1. The molecule has 0 radical (unpaired) electrons. The third kappa shape index (κ3) is 4.51. The van der Waals surface area contributed by atoms with Gasteiger partial charge in [0.25, 0.3) is 5.91 Å². The van der Waals surface area contributed by atoms with Crippen molar-refractivity contribution in [1.29, 1.82) is 0 Å². The first kappa shape index (κ1) is 18.5. The maximum Gasteiger partial charge on any atom is 0.252 e. The summed E-state index contributed by atoms with van der Waals surface area (Å²) in [7, 11) is 0. The Bertz CT molecular complexity index is 828. The van der Waals surface area contributed by atoms with E-state index in [0.717, 1.165) is 40.4 Å². The van der Waals surface area contributed by atoms with Crippen LogP contribution in [0.15, 0.2) is 40.3 Å². The molecule has 0 saturated carbocycles. The lowest BCUT2D eigenvalue weighted by atomic mass is 9.86. The van der Waals surface area contributed by atoms with Crippen molar-refractivity contribution in [3.05, 3.63) is 35.9 Å². The highest BCUT2D eigenvalue weighted by Gasteiger charge is 2.34. The summed E-state index contributed by atoms with van der Waals surface area (Å²) in [6, 6.07) is 9.43. The van der Waals surface area contributed by atoms with Crippen molar-refractivity contribution >= 4 is 40.1 Å². The van der Waals surface area contributed by atoms with E-state index < -0.39 is 0 Å². The Morgan fingerprint density at radius 2 is 1.96 bits per heavy atom. The lowest BCUT2D eigenvalue weighted by Gasteiger charge is -2.45. The predicted octanol–water partition coefficient (Wildman–Crippen LogP) is 3.42. The van der Waals surface area contributed by atoms with E-state index in [4.69, 9.17) is 0 Å². The molecule has 27 heavy (non-hydrogen) atoms. The zero-order chi connectivity index (χ0) is 18.8. The molecule has 5 rings (SSSR count). The third-order valence-corrected chi connectivity index (χ3v) is 6.82. The van der Waals surface area contributed by atoms with E-state index in [1.807, 2.05) is 30.3 Å². The largest absolute Gasteiger partial charge is 0.336 e. The van der Waals surface area contributed by atoms with Crippen LogP contribution >= 0.6 is 23.3 Å². The normalized spacial score (nSPS) is 23.8. The summed E-state index contributed by atoms with van der Waals surface area (Å²) in [6.45, 7) is 3.67. The second kappa shape index (κ2) is 8.00. The van der Waals surface area contributed by atoms with Crippen LogP contribution in [0.1, 0.15) is 36.5 Å². The number of nitrogens with zero attached hydrogens (tertiary/aromatic N) is 2. The van der Waals surface area contributed by atoms with E-state index in [0.29, 0.717) is 5.56 Å². The fraction of sp³-hybridized carbons (Fsp3) is 0.421. The smallest absolute Gasteiger partial charge is 0.252 e. The second-order valence-corrected chi connectivity index (χ2v) is 8.94. The fourth-order valence-corrected chi connectivity index (χ4v) is 5.31. The van der Waals surface area contributed by atoms with Gasteiger partial charge in [0.05, 0.1) is 6.17 Å². The molecule has 0 spiro atoms.